The number of nitrogens with zero attached hydrogens (tertiary/aromatic N) is 3. The molecule has 0 saturated carbocycles. The lowest BCUT2D eigenvalue weighted by atomic mass is 10.2. The highest BCUT2D eigenvalue weighted by Crippen LogP contribution is 2.22. The van der Waals surface area contributed by atoms with Crippen LogP contribution in [0.2, 0.25) is 0 Å². The first-order valence-corrected chi connectivity index (χ1v) is 4.12. The van der Waals surface area contributed by atoms with Gasteiger partial charge in [-0.25, -0.2) is 0 Å². The summed E-state index contributed by atoms with van der Waals surface area (Å²) in [4.78, 5) is 12.8. The van der Waals surface area contributed by atoms with Crippen LogP contribution in [0.25, 0.3) is 4.98 Å². The van der Waals surface area contributed by atoms with Crippen LogP contribution in [0.4, 0.5) is 28.6 Å². The fourth-order valence-electron chi connectivity index (χ4n) is 0.907. The van der Waals surface area contributed by atoms with Gasteiger partial charge in [0.15, 0.2) is 4.98 Å². The van der Waals surface area contributed by atoms with Gasteiger partial charge >= 0.3 is 12.9 Å². The van der Waals surface area contributed by atoms with Gasteiger partial charge in [0, 0.05) is 23.8 Å². The Morgan fingerprint density at radius 2 is 1.82 bits per heavy atom. The molecule has 0 radical (unpaired) electrons. The molecular weight excluding hydrogens is 245 g/mol. The summed E-state index contributed by atoms with van der Waals surface area (Å²) >= 11 is 0. The molecule has 10 heteroatoms. The molecule has 0 spiro atoms. The van der Waals surface area contributed by atoms with Crippen LogP contribution in [0.3, 0.4) is 0 Å². The summed E-state index contributed by atoms with van der Waals surface area (Å²) < 4.78 is 39.0. The van der Waals surface area contributed by atoms with Crippen molar-refractivity contribution in [2.75, 3.05) is 0 Å². The van der Waals surface area contributed by atoms with Crippen molar-refractivity contribution in [3.05, 3.63) is 38.9 Å². The summed E-state index contributed by atoms with van der Waals surface area (Å²) in [5, 5.41) is 18.7. The molecule has 0 N–H and O–H groups in total. The van der Waals surface area contributed by atoms with Gasteiger partial charge in [0.1, 0.15) is 0 Å². The quantitative estimate of drug-likeness (QED) is 0.251. The summed E-state index contributed by atoms with van der Waals surface area (Å²) in [6.07, 6.45) is 0. The van der Waals surface area contributed by atoms with Crippen LogP contribution in [0.15, 0.2) is 18.2 Å². The maximum Gasteiger partial charge on any atom is 0.673 e. The smallest absolute Gasteiger partial charge is 0.418 e. The molecule has 0 bridgehead atoms. The predicted octanol–water partition coefficient (Wildman–Crippen LogP) is 3.69. The lowest BCUT2D eigenvalue weighted by molar-refractivity contribution is -0.385. The molecule has 92 valence electrons. The van der Waals surface area contributed by atoms with Crippen molar-refractivity contribution in [3.63, 3.8) is 0 Å². The van der Waals surface area contributed by atoms with Gasteiger partial charge in [-0.15, -0.1) is 0 Å². The van der Waals surface area contributed by atoms with Crippen molar-refractivity contribution in [2.45, 2.75) is 6.92 Å². The van der Waals surface area contributed by atoms with Gasteiger partial charge in [-0.1, -0.05) is 0 Å². The number of diazo groups is 1. The van der Waals surface area contributed by atoms with E-state index in [1.54, 1.807) is 6.92 Å². The van der Waals surface area contributed by atoms with E-state index < -0.39 is 12.2 Å². The fourth-order valence-corrected chi connectivity index (χ4v) is 0.907. The summed E-state index contributed by atoms with van der Waals surface area (Å²) in [5.74, 6) is 0. The molecule has 0 fully saturated rings. The Bertz CT molecular complexity index is 451. The van der Waals surface area contributed by atoms with E-state index in [0.29, 0.717) is 11.3 Å². The minimum absolute atomic E-state index is 0.0300. The van der Waals surface area contributed by atoms with E-state index in [-0.39, 0.29) is 5.69 Å². The number of hydrogen-bond donors (Lipinski definition) is 0. The van der Waals surface area contributed by atoms with Crippen LogP contribution in [-0.2, 0) is 0 Å². The Kier molecular flexibility index (Phi) is 5.05. The Labute approximate surface area is 92.9 Å². The summed E-state index contributed by atoms with van der Waals surface area (Å²) in [7, 11) is -6.00. The van der Waals surface area contributed by atoms with Crippen LogP contribution in [0.5, 0.6) is 0 Å². The highest BCUT2D eigenvalue weighted by atomic mass is 19.5. The monoisotopic (exact) mass is 251 g/mol. The zero-order valence-corrected chi connectivity index (χ0v) is 8.48. The molecule has 1 aromatic carbocycles. The number of aryl methyl sites for hydroxylation is 1. The maximum atomic E-state index is 10.3. The molecular formula is C7H6BF4N3O2. The number of rotatable bonds is 1. The van der Waals surface area contributed by atoms with Crippen LogP contribution >= 0.6 is 0 Å². The third-order valence-electron chi connectivity index (χ3n) is 1.49. The van der Waals surface area contributed by atoms with Gasteiger partial charge in [0.05, 0.1) is 4.92 Å². The molecule has 5 nitrogen and oxygen atoms in total. The van der Waals surface area contributed by atoms with Crippen molar-refractivity contribution in [3.8, 4) is 0 Å². The largest absolute Gasteiger partial charge is 0.673 e. The zero-order valence-electron chi connectivity index (χ0n) is 8.48. The second-order valence-corrected chi connectivity index (χ2v) is 2.82. The van der Waals surface area contributed by atoms with Gasteiger partial charge in [-0.2, -0.15) is 0 Å². The standard InChI is InChI=1S/C7H6N3O2.BF4/c1-5-4-6(9-8)2-3-7(5)10(11)12;2-1(3,4)5/h2-4H,1H3;/q+1;-1. The van der Waals surface area contributed by atoms with Gasteiger partial charge in [-0.05, 0) is 6.92 Å². The molecule has 0 aromatic heterocycles. The molecule has 0 aliphatic heterocycles. The SMILES string of the molecule is Cc1cc([N+]#N)ccc1[N+](=O)[O-].F[B-](F)(F)F. The first-order valence-electron chi connectivity index (χ1n) is 4.12. The van der Waals surface area contributed by atoms with Crippen LogP contribution in [0.1, 0.15) is 5.56 Å². The number of benzene rings is 1. The minimum atomic E-state index is -6.00. The Morgan fingerprint density at radius 1 is 1.35 bits per heavy atom. The molecule has 1 aromatic rings. The van der Waals surface area contributed by atoms with Crippen molar-refractivity contribution < 1.29 is 22.2 Å². The molecule has 0 atom stereocenters. The van der Waals surface area contributed by atoms with E-state index in [9.17, 15) is 27.4 Å². The van der Waals surface area contributed by atoms with Gasteiger partial charge in [0.25, 0.3) is 5.69 Å². The van der Waals surface area contributed by atoms with Crippen LogP contribution in [-0.4, -0.2) is 12.2 Å². The topological polar surface area (TPSA) is 71.3 Å². The maximum absolute atomic E-state index is 10.3. The van der Waals surface area contributed by atoms with Crippen molar-refractivity contribution in [1.29, 1.82) is 5.39 Å². The fraction of sp³-hybridized carbons (Fsp3) is 0.143. The zero-order chi connectivity index (χ0) is 13.6. The Morgan fingerprint density at radius 3 is 2.12 bits per heavy atom. The van der Waals surface area contributed by atoms with Crippen molar-refractivity contribution in [2.24, 2.45) is 0 Å². The van der Waals surface area contributed by atoms with E-state index in [2.05, 4.69) is 4.98 Å². The summed E-state index contributed by atoms with van der Waals surface area (Å²) in [6, 6.07) is 4.13. The van der Waals surface area contributed by atoms with Crippen molar-refractivity contribution >= 4 is 18.6 Å². The molecule has 0 aliphatic carbocycles. The van der Waals surface area contributed by atoms with Crippen molar-refractivity contribution in [1.82, 2.24) is 0 Å². The number of hydrogen-bond acceptors (Lipinski definition) is 3. The van der Waals surface area contributed by atoms with Gasteiger partial charge in [0.2, 0.25) is 5.39 Å². The van der Waals surface area contributed by atoms with E-state index in [4.69, 9.17) is 5.39 Å². The predicted molar refractivity (Wildman–Crippen MR) is 52.8 cm³/mol. The average molecular weight is 251 g/mol. The first-order chi connectivity index (χ1) is 7.65. The van der Waals surface area contributed by atoms with Gasteiger partial charge in [-0.3, -0.25) is 10.1 Å². The second-order valence-electron chi connectivity index (χ2n) is 2.82. The second kappa shape index (κ2) is 5.79. The third-order valence-corrected chi connectivity index (χ3v) is 1.49. The molecule has 0 saturated heterocycles. The van der Waals surface area contributed by atoms with Crippen LogP contribution < -0.4 is 0 Å². The average Bonchev–Trinajstić information content (AvgIpc) is 2.14. The van der Waals surface area contributed by atoms with Gasteiger partial charge < -0.3 is 17.3 Å². The van der Waals surface area contributed by atoms with E-state index in [1.807, 2.05) is 0 Å². The molecule has 1 rings (SSSR count). The minimum Gasteiger partial charge on any atom is -0.418 e. The summed E-state index contributed by atoms with van der Waals surface area (Å²) in [6.45, 7) is 1.59. The lowest BCUT2D eigenvalue weighted by Gasteiger charge is -1.94. The lowest BCUT2D eigenvalue weighted by Crippen LogP contribution is -2.02. The molecule has 0 amide bonds. The highest BCUT2D eigenvalue weighted by Gasteiger charge is 2.20. The number of nitro benzene ring substituents is 1. The number of halogens is 4. The molecule has 17 heavy (non-hydrogen) atoms. The molecule has 0 aliphatic rings. The molecule has 0 heterocycles. The van der Waals surface area contributed by atoms with E-state index in [0.717, 1.165) is 0 Å². The highest BCUT2D eigenvalue weighted by molar-refractivity contribution is 6.50. The Balaban J connectivity index is 0.000000437. The third kappa shape index (κ3) is 6.83. The van der Waals surface area contributed by atoms with E-state index in [1.165, 1.54) is 18.2 Å². The van der Waals surface area contributed by atoms with Crippen LogP contribution in [0, 0.1) is 22.4 Å². The number of nitro groups is 1. The molecule has 0 unspecified atom stereocenters. The van der Waals surface area contributed by atoms with E-state index >= 15 is 0 Å². The normalized spacial score (nSPS) is 9.88. The first kappa shape index (κ1) is 14.8. The Hall–Kier alpha value is -2.18. The summed E-state index contributed by atoms with van der Waals surface area (Å²) in [5.41, 5.74) is 0.829.